The summed E-state index contributed by atoms with van der Waals surface area (Å²) in [6, 6.07) is 11.0. The number of aromatic nitrogens is 1. The summed E-state index contributed by atoms with van der Waals surface area (Å²) in [4.78, 5) is 4.14. The summed E-state index contributed by atoms with van der Waals surface area (Å²) in [5.41, 5.74) is 8.37. The molecule has 0 saturated heterocycles. The molecule has 0 fully saturated rings. The van der Waals surface area contributed by atoms with Crippen molar-refractivity contribution in [2.24, 2.45) is 0 Å². The molecule has 3 N–H and O–H groups in total. The molecule has 0 radical (unpaired) electrons. The molecule has 5 heteroatoms. The molecule has 20 heavy (non-hydrogen) atoms. The number of nitrogens with two attached hydrogens (primary N) is 1. The van der Waals surface area contributed by atoms with Crippen molar-refractivity contribution < 1.29 is 0 Å². The van der Waals surface area contributed by atoms with Gasteiger partial charge in [-0.05, 0) is 36.4 Å². The van der Waals surface area contributed by atoms with E-state index >= 15 is 0 Å². The zero-order chi connectivity index (χ0) is 14.1. The van der Waals surface area contributed by atoms with E-state index in [1.807, 2.05) is 24.3 Å². The van der Waals surface area contributed by atoms with Crippen LogP contribution in [0.5, 0.6) is 0 Å². The van der Waals surface area contributed by atoms with Crippen molar-refractivity contribution >= 4 is 51.0 Å². The molecule has 0 saturated carbocycles. The van der Waals surface area contributed by atoms with Gasteiger partial charge in [0.15, 0.2) is 0 Å². The Morgan fingerprint density at radius 1 is 0.950 bits per heavy atom. The van der Waals surface area contributed by atoms with Crippen LogP contribution in [0.3, 0.4) is 0 Å². The smallest absolute Gasteiger partial charge is 0.0655 e. The molecule has 0 aliphatic carbocycles. The fraction of sp³-hybridized carbons (Fsp3) is 0. The normalized spacial score (nSPS) is 10.7. The van der Waals surface area contributed by atoms with Gasteiger partial charge in [-0.25, -0.2) is 0 Å². The lowest BCUT2D eigenvalue weighted by atomic mass is 10.1. The molecular weight excluding hydrogens is 293 g/mol. The first-order chi connectivity index (χ1) is 9.65. The number of benzene rings is 2. The molecule has 1 aromatic heterocycles. The maximum absolute atomic E-state index is 6.17. The number of halogens is 2. The lowest BCUT2D eigenvalue weighted by Crippen LogP contribution is -1.95. The van der Waals surface area contributed by atoms with Crippen LogP contribution in [0.4, 0.5) is 17.1 Å². The summed E-state index contributed by atoms with van der Waals surface area (Å²) < 4.78 is 0. The van der Waals surface area contributed by atoms with Crippen LogP contribution in [-0.4, -0.2) is 4.98 Å². The van der Waals surface area contributed by atoms with Gasteiger partial charge in [0, 0.05) is 39.6 Å². The first-order valence-corrected chi connectivity index (χ1v) is 6.75. The molecule has 0 bridgehead atoms. The molecule has 3 aromatic rings. The highest BCUT2D eigenvalue weighted by Gasteiger charge is 2.07. The van der Waals surface area contributed by atoms with Crippen LogP contribution >= 0.6 is 23.2 Å². The monoisotopic (exact) mass is 303 g/mol. The Morgan fingerprint density at radius 3 is 2.55 bits per heavy atom. The van der Waals surface area contributed by atoms with Gasteiger partial charge in [0.2, 0.25) is 0 Å². The van der Waals surface area contributed by atoms with E-state index in [2.05, 4.69) is 10.3 Å². The minimum atomic E-state index is 0.561. The summed E-state index contributed by atoms with van der Waals surface area (Å²) in [7, 11) is 0. The second-order valence-electron chi connectivity index (χ2n) is 4.37. The molecule has 0 aliphatic rings. The van der Waals surface area contributed by atoms with Crippen LogP contribution < -0.4 is 11.1 Å². The van der Waals surface area contributed by atoms with Gasteiger partial charge in [-0.3, -0.25) is 4.98 Å². The summed E-state index contributed by atoms with van der Waals surface area (Å²) >= 11 is 12.1. The molecule has 0 aliphatic heterocycles. The van der Waals surface area contributed by atoms with Crippen LogP contribution in [0, 0.1) is 0 Å². The van der Waals surface area contributed by atoms with Crippen LogP contribution in [0.1, 0.15) is 0 Å². The fourth-order valence-electron chi connectivity index (χ4n) is 2.06. The number of rotatable bonds is 2. The average Bonchev–Trinajstić information content (AvgIpc) is 2.45. The fourth-order valence-corrected chi connectivity index (χ4v) is 2.51. The highest BCUT2D eigenvalue weighted by atomic mass is 35.5. The van der Waals surface area contributed by atoms with E-state index in [0.29, 0.717) is 10.0 Å². The van der Waals surface area contributed by atoms with Gasteiger partial charge >= 0.3 is 0 Å². The third kappa shape index (κ3) is 2.38. The first-order valence-electron chi connectivity index (χ1n) is 5.99. The van der Waals surface area contributed by atoms with Crippen LogP contribution in [0.25, 0.3) is 10.8 Å². The Hall–Kier alpha value is -1.97. The highest BCUT2D eigenvalue weighted by molar-refractivity contribution is 6.36. The summed E-state index contributed by atoms with van der Waals surface area (Å²) in [5.74, 6) is 0. The van der Waals surface area contributed by atoms with E-state index in [1.165, 1.54) is 0 Å². The molecule has 0 unspecified atom stereocenters. The molecule has 0 amide bonds. The van der Waals surface area contributed by atoms with Gasteiger partial charge in [0.1, 0.15) is 0 Å². The molecule has 3 rings (SSSR count). The first kappa shape index (κ1) is 13.0. The highest BCUT2D eigenvalue weighted by Crippen LogP contribution is 2.33. The maximum Gasteiger partial charge on any atom is 0.0655 e. The molecule has 0 atom stereocenters. The number of hydrogen-bond acceptors (Lipinski definition) is 3. The molecule has 1 heterocycles. The quantitative estimate of drug-likeness (QED) is 0.664. The van der Waals surface area contributed by atoms with E-state index < -0.39 is 0 Å². The van der Waals surface area contributed by atoms with E-state index in [-0.39, 0.29) is 0 Å². The van der Waals surface area contributed by atoms with Crippen LogP contribution in [-0.2, 0) is 0 Å². The number of anilines is 3. The van der Waals surface area contributed by atoms with Gasteiger partial charge in [-0.15, -0.1) is 0 Å². The van der Waals surface area contributed by atoms with Crippen molar-refractivity contribution in [1.82, 2.24) is 4.98 Å². The second-order valence-corrected chi connectivity index (χ2v) is 5.22. The van der Waals surface area contributed by atoms with Crippen molar-refractivity contribution in [2.45, 2.75) is 0 Å². The molecule has 2 aromatic carbocycles. The summed E-state index contributed by atoms with van der Waals surface area (Å²) in [6.45, 7) is 0. The van der Waals surface area contributed by atoms with Crippen molar-refractivity contribution in [3.63, 3.8) is 0 Å². The Bertz CT molecular complexity index is 787. The van der Waals surface area contributed by atoms with Gasteiger partial charge in [0.05, 0.1) is 10.7 Å². The third-order valence-corrected chi connectivity index (χ3v) is 3.60. The average molecular weight is 304 g/mol. The Balaban J connectivity index is 2.09. The molecule has 3 nitrogen and oxygen atoms in total. The minimum absolute atomic E-state index is 0.561. The van der Waals surface area contributed by atoms with Crippen LogP contribution in [0.2, 0.25) is 10.0 Å². The number of nitrogens with zero attached hydrogens (tertiary/aromatic N) is 1. The van der Waals surface area contributed by atoms with E-state index in [9.17, 15) is 0 Å². The standard InChI is InChI=1S/C15H11Cl2N3/c16-9-1-3-15(12(17)7-9)20-14-4-2-13(18)10-5-6-19-8-11(10)14/h1-8,20H,18H2. The summed E-state index contributed by atoms with van der Waals surface area (Å²) in [5, 5.41) is 6.34. The predicted molar refractivity (Wildman–Crippen MR) is 85.9 cm³/mol. The minimum Gasteiger partial charge on any atom is -0.398 e. The topological polar surface area (TPSA) is 50.9 Å². The zero-order valence-corrected chi connectivity index (χ0v) is 11.9. The SMILES string of the molecule is Nc1ccc(Nc2ccc(Cl)cc2Cl)c2cnccc12. The Morgan fingerprint density at radius 2 is 1.75 bits per heavy atom. The lowest BCUT2D eigenvalue weighted by Gasteiger charge is -2.12. The maximum atomic E-state index is 6.17. The van der Waals surface area contributed by atoms with E-state index in [4.69, 9.17) is 28.9 Å². The summed E-state index contributed by atoms with van der Waals surface area (Å²) in [6.07, 6.45) is 3.50. The van der Waals surface area contributed by atoms with Gasteiger partial charge in [-0.1, -0.05) is 23.2 Å². The Labute approximate surface area is 126 Å². The number of hydrogen-bond donors (Lipinski definition) is 2. The second kappa shape index (κ2) is 5.19. The van der Waals surface area contributed by atoms with Gasteiger partial charge in [-0.2, -0.15) is 0 Å². The molecule has 100 valence electrons. The van der Waals surface area contributed by atoms with E-state index in [0.717, 1.165) is 27.8 Å². The predicted octanol–water partition coefficient (Wildman–Crippen LogP) is 4.87. The molecule has 0 spiro atoms. The molecular formula is C15H11Cl2N3. The van der Waals surface area contributed by atoms with Gasteiger partial charge in [0.25, 0.3) is 0 Å². The Kier molecular flexibility index (Phi) is 3.38. The number of nitrogens with one attached hydrogen (secondary N) is 1. The van der Waals surface area contributed by atoms with E-state index in [1.54, 1.807) is 24.5 Å². The van der Waals surface area contributed by atoms with Crippen molar-refractivity contribution in [2.75, 3.05) is 11.1 Å². The zero-order valence-electron chi connectivity index (χ0n) is 10.4. The van der Waals surface area contributed by atoms with Gasteiger partial charge < -0.3 is 11.1 Å². The largest absolute Gasteiger partial charge is 0.398 e. The lowest BCUT2D eigenvalue weighted by molar-refractivity contribution is 1.36. The number of nitrogen functional groups attached to an aromatic ring is 1. The number of pyridine rings is 1. The number of fused-ring (bicyclic) bond motifs is 1. The van der Waals surface area contributed by atoms with Crippen LogP contribution in [0.15, 0.2) is 48.8 Å². The van der Waals surface area contributed by atoms with Crippen molar-refractivity contribution in [3.8, 4) is 0 Å². The van der Waals surface area contributed by atoms with Crippen molar-refractivity contribution in [1.29, 1.82) is 0 Å². The third-order valence-electron chi connectivity index (χ3n) is 3.05. The van der Waals surface area contributed by atoms with Crippen molar-refractivity contribution in [3.05, 3.63) is 58.8 Å².